The number of allylic oxidation sites excluding steroid dienone is 3. The molecular weight excluding hydrogens is 274 g/mol. The van der Waals surface area contributed by atoms with Gasteiger partial charge in [0.25, 0.3) is 0 Å². The second kappa shape index (κ2) is 5.11. The maximum Gasteiger partial charge on any atom is 0.231 e. The van der Waals surface area contributed by atoms with Crippen molar-refractivity contribution < 1.29 is 9.47 Å². The van der Waals surface area contributed by atoms with Gasteiger partial charge in [0.2, 0.25) is 6.79 Å². The molecule has 0 bridgehead atoms. The van der Waals surface area contributed by atoms with Crippen LogP contribution in [0.3, 0.4) is 0 Å². The van der Waals surface area contributed by atoms with Crippen molar-refractivity contribution in [3.05, 3.63) is 84.7 Å². The molecule has 0 radical (unpaired) electrons. The van der Waals surface area contributed by atoms with Crippen molar-refractivity contribution in [3.8, 4) is 11.5 Å². The normalized spacial score (nSPS) is 15.9. The fourth-order valence-electron chi connectivity index (χ4n) is 2.61. The van der Waals surface area contributed by atoms with Gasteiger partial charge in [-0.3, -0.25) is 0 Å². The van der Waals surface area contributed by atoms with E-state index in [4.69, 9.17) is 9.47 Å². The molecule has 0 aliphatic carbocycles. The summed E-state index contributed by atoms with van der Waals surface area (Å²) in [6, 6.07) is 16.2. The minimum Gasteiger partial charge on any atom is -0.454 e. The fourth-order valence-corrected chi connectivity index (χ4v) is 2.61. The molecule has 3 heteroatoms. The molecule has 4 rings (SSSR count). The number of nitrogens with zero attached hydrogens (tertiary/aromatic N) is 1. The van der Waals surface area contributed by atoms with Crippen LogP contribution < -0.4 is 14.4 Å². The summed E-state index contributed by atoms with van der Waals surface area (Å²) in [5.41, 5.74) is 4.23. The molecule has 2 aromatic rings. The third kappa shape index (κ3) is 2.17. The van der Waals surface area contributed by atoms with E-state index in [1.165, 1.54) is 0 Å². The van der Waals surface area contributed by atoms with Gasteiger partial charge in [-0.25, -0.2) is 0 Å². The summed E-state index contributed by atoms with van der Waals surface area (Å²) in [5.74, 6) is 1.59. The van der Waals surface area contributed by atoms with Crippen LogP contribution in [0.1, 0.15) is 5.56 Å². The summed E-state index contributed by atoms with van der Waals surface area (Å²) in [6.45, 7) is 4.40. The zero-order chi connectivity index (χ0) is 14.9. The highest BCUT2D eigenvalue weighted by atomic mass is 16.7. The summed E-state index contributed by atoms with van der Waals surface area (Å²) in [7, 11) is 0. The van der Waals surface area contributed by atoms with Gasteiger partial charge in [0.05, 0.1) is 0 Å². The number of ether oxygens (including phenoxy) is 2. The predicted octanol–water partition coefficient (Wildman–Crippen LogP) is 4.35. The van der Waals surface area contributed by atoms with Gasteiger partial charge < -0.3 is 14.4 Å². The summed E-state index contributed by atoms with van der Waals surface area (Å²) in [4.78, 5) is 2.08. The van der Waals surface area contributed by atoms with Crippen LogP contribution in [-0.4, -0.2) is 6.79 Å². The maximum absolute atomic E-state index is 5.46. The van der Waals surface area contributed by atoms with Crippen LogP contribution >= 0.6 is 0 Å². The van der Waals surface area contributed by atoms with Crippen molar-refractivity contribution in [1.82, 2.24) is 0 Å². The van der Waals surface area contributed by atoms with E-state index >= 15 is 0 Å². The van der Waals surface area contributed by atoms with E-state index in [-0.39, 0.29) is 0 Å². The molecule has 2 heterocycles. The molecule has 3 nitrogen and oxygen atoms in total. The molecule has 0 unspecified atom stereocenters. The van der Waals surface area contributed by atoms with Crippen molar-refractivity contribution >= 4 is 11.3 Å². The van der Waals surface area contributed by atoms with E-state index in [2.05, 4.69) is 35.9 Å². The Morgan fingerprint density at radius 3 is 2.59 bits per heavy atom. The largest absolute Gasteiger partial charge is 0.454 e. The number of hydrogen-bond donors (Lipinski definition) is 0. The predicted molar refractivity (Wildman–Crippen MR) is 87.7 cm³/mol. The van der Waals surface area contributed by atoms with Gasteiger partial charge in [-0.15, -0.1) is 0 Å². The Morgan fingerprint density at radius 2 is 1.73 bits per heavy atom. The highest BCUT2D eigenvalue weighted by Gasteiger charge is 2.16. The van der Waals surface area contributed by atoms with E-state index in [1.54, 1.807) is 0 Å². The third-order valence-corrected chi connectivity index (χ3v) is 3.77. The van der Waals surface area contributed by atoms with Crippen molar-refractivity contribution in [3.63, 3.8) is 0 Å². The van der Waals surface area contributed by atoms with E-state index in [9.17, 15) is 0 Å². The molecule has 0 saturated carbocycles. The second-order valence-corrected chi connectivity index (χ2v) is 5.18. The average Bonchev–Trinajstić information content (AvgIpc) is 3.04. The molecule has 0 amide bonds. The zero-order valence-corrected chi connectivity index (χ0v) is 12.0. The Balaban J connectivity index is 1.72. The number of benzene rings is 2. The number of para-hydroxylation sites is 1. The van der Waals surface area contributed by atoms with E-state index in [0.717, 1.165) is 34.0 Å². The van der Waals surface area contributed by atoms with Crippen molar-refractivity contribution in [2.45, 2.75) is 0 Å². The molecule has 2 aliphatic heterocycles. The summed E-state index contributed by atoms with van der Waals surface area (Å²) >= 11 is 0. The van der Waals surface area contributed by atoms with Crippen LogP contribution in [0.5, 0.6) is 11.5 Å². The standard InChI is InChI=1S/C19H15NO2/c1-14-7-8-16(12-20(14)17-5-3-2-4-6-17)15-9-10-18-19(11-15)22-13-21-18/h2-12H,1,13H2. The van der Waals surface area contributed by atoms with E-state index < -0.39 is 0 Å². The minimum atomic E-state index is 0.292. The zero-order valence-electron chi connectivity index (χ0n) is 12.0. The highest BCUT2D eigenvalue weighted by molar-refractivity contribution is 5.81. The summed E-state index contributed by atoms with van der Waals surface area (Å²) < 4.78 is 10.8. The first-order valence-corrected chi connectivity index (χ1v) is 7.14. The molecule has 0 aromatic heterocycles. The van der Waals surface area contributed by atoms with E-state index in [0.29, 0.717) is 6.79 Å². The summed E-state index contributed by atoms with van der Waals surface area (Å²) in [6.07, 6.45) is 6.18. The van der Waals surface area contributed by atoms with Crippen molar-refractivity contribution in [2.24, 2.45) is 0 Å². The maximum atomic E-state index is 5.46. The van der Waals surface area contributed by atoms with Gasteiger partial charge in [-0.2, -0.15) is 0 Å². The molecular formula is C19H15NO2. The SMILES string of the molecule is C=C1C=CC(c2ccc3c(c2)OCO3)=CN1c1ccccc1. The molecule has 108 valence electrons. The Kier molecular flexibility index (Phi) is 2.97. The van der Waals surface area contributed by atoms with Gasteiger partial charge >= 0.3 is 0 Å². The lowest BCUT2D eigenvalue weighted by molar-refractivity contribution is 0.174. The number of rotatable bonds is 2. The van der Waals surface area contributed by atoms with Crippen LogP contribution in [0.4, 0.5) is 5.69 Å². The molecule has 0 atom stereocenters. The van der Waals surface area contributed by atoms with Gasteiger partial charge in [-0.1, -0.05) is 36.9 Å². The quantitative estimate of drug-likeness (QED) is 0.820. The Labute approximate surface area is 129 Å². The lowest BCUT2D eigenvalue weighted by atomic mass is 10.0. The topological polar surface area (TPSA) is 21.7 Å². The molecule has 0 N–H and O–H groups in total. The van der Waals surface area contributed by atoms with Crippen LogP contribution in [0.25, 0.3) is 5.57 Å². The molecule has 2 aliphatic rings. The lowest BCUT2D eigenvalue weighted by Crippen LogP contribution is -2.16. The van der Waals surface area contributed by atoms with Gasteiger partial charge in [0, 0.05) is 17.6 Å². The molecule has 22 heavy (non-hydrogen) atoms. The third-order valence-electron chi connectivity index (χ3n) is 3.77. The van der Waals surface area contributed by atoms with Crippen molar-refractivity contribution in [2.75, 3.05) is 11.7 Å². The van der Waals surface area contributed by atoms with Crippen molar-refractivity contribution in [1.29, 1.82) is 0 Å². The molecule has 2 aromatic carbocycles. The minimum absolute atomic E-state index is 0.292. The van der Waals surface area contributed by atoms with Crippen LogP contribution in [0.2, 0.25) is 0 Å². The lowest BCUT2D eigenvalue weighted by Gasteiger charge is -2.25. The first kappa shape index (κ1) is 12.8. The monoisotopic (exact) mass is 289 g/mol. The van der Waals surface area contributed by atoms with Gasteiger partial charge in [-0.05, 0) is 41.5 Å². The number of hydrogen-bond acceptors (Lipinski definition) is 3. The Morgan fingerprint density at radius 1 is 0.909 bits per heavy atom. The van der Waals surface area contributed by atoms with Gasteiger partial charge in [0.15, 0.2) is 11.5 Å². The van der Waals surface area contributed by atoms with Crippen LogP contribution in [-0.2, 0) is 0 Å². The number of fused-ring (bicyclic) bond motifs is 1. The molecule has 0 spiro atoms. The number of anilines is 1. The summed E-state index contributed by atoms with van der Waals surface area (Å²) in [5, 5.41) is 0. The Hall–Kier alpha value is -2.94. The second-order valence-electron chi connectivity index (χ2n) is 5.18. The average molecular weight is 289 g/mol. The molecule has 0 saturated heterocycles. The Bertz CT molecular complexity index is 790. The van der Waals surface area contributed by atoms with E-state index in [1.807, 2.05) is 42.5 Å². The van der Waals surface area contributed by atoms with Crippen LogP contribution in [0.15, 0.2) is 79.2 Å². The fraction of sp³-hybridized carbons (Fsp3) is 0.0526. The molecule has 0 fully saturated rings. The van der Waals surface area contributed by atoms with Gasteiger partial charge in [0.1, 0.15) is 0 Å². The smallest absolute Gasteiger partial charge is 0.231 e. The first-order chi connectivity index (χ1) is 10.8. The highest BCUT2D eigenvalue weighted by Crippen LogP contribution is 2.36. The first-order valence-electron chi connectivity index (χ1n) is 7.14. The van der Waals surface area contributed by atoms with Crippen LogP contribution in [0, 0.1) is 0 Å².